The molecule has 1 unspecified atom stereocenters. The van der Waals surface area contributed by atoms with E-state index < -0.39 is 0 Å². The number of benzene rings is 1. The molecular weight excluding hydrogens is 269 g/mol. The van der Waals surface area contributed by atoms with Crippen LogP contribution in [0.3, 0.4) is 0 Å². The Morgan fingerprint density at radius 1 is 1.38 bits per heavy atom. The number of aryl methyl sites for hydroxylation is 1. The topological polar surface area (TPSA) is 31.4 Å². The number of fused-ring (bicyclic) bond motifs is 1. The minimum Gasteiger partial charge on any atom is -0.497 e. The Balaban J connectivity index is 1.85. The summed E-state index contributed by atoms with van der Waals surface area (Å²) in [6.07, 6.45) is 7.38. The zero-order valence-corrected chi connectivity index (χ0v) is 12.3. The first-order valence-corrected chi connectivity index (χ1v) is 7.50. The molecule has 0 bridgehead atoms. The molecule has 3 rings (SSSR count). The van der Waals surface area contributed by atoms with Gasteiger partial charge in [-0.05, 0) is 49.8 Å². The van der Waals surface area contributed by atoms with E-state index in [-0.39, 0.29) is 5.82 Å². The van der Waals surface area contributed by atoms with E-state index in [0.717, 1.165) is 43.2 Å². The number of methoxy groups -OCH3 is 1. The monoisotopic (exact) mass is 289 g/mol. The molecule has 0 N–H and O–H groups in total. The predicted octanol–water partition coefficient (Wildman–Crippen LogP) is 3.88. The molecule has 1 fully saturated rings. The van der Waals surface area contributed by atoms with Gasteiger partial charge < -0.3 is 9.47 Å². The molecule has 3 nitrogen and oxygen atoms in total. The van der Waals surface area contributed by atoms with Crippen molar-refractivity contribution in [1.29, 1.82) is 0 Å². The zero-order valence-electron chi connectivity index (χ0n) is 12.3. The lowest BCUT2D eigenvalue weighted by molar-refractivity contribution is 0.0115. The van der Waals surface area contributed by atoms with Gasteiger partial charge in [0.2, 0.25) is 0 Å². The lowest BCUT2D eigenvalue weighted by Crippen LogP contribution is -2.19. The average Bonchev–Trinajstić information content (AvgIpc) is 2.54. The van der Waals surface area contributed by atoms with Gasteiger partial charge in [-0.2, -0.15) is 0 Å². The van der Waals surface area contributed by atoms with Crippen LogP contribution in [0.15, 0.2) is 24.4 Å². The van der Waals surface area contributed by atoms with Gasteiger partial charge in [-0.15, -0.1) is 0 Å². The van der Waals surface area contributed by atoms with Crippen molar-refractivity contribution >= 4 is 10.9 Å². The van der Waals surface area contributed by atoms with Gasteiger partial charge in [0.25, 0.3) is 0 Å². The van der Waals surface area contributed by atoms with Crippen LogP contribution in [0.25, 0.3) is 10.9 Å². The van der Waals surface area contributed by atoms with Crippen molar-refractivity contribution in [2.45, 2.75) is 38.2 Å². The smallest absolute Gasteiger partial charge is 0.153 e. The van der Waals surface area contributed by atoms with Gasteiger partial charge in [-0.1, -0.05) is 0 Å². The molecule has 0 saturated carbocycles. The van der Waals surface area contributed by atoms with Crippen LogP contribution in [0.2, 0.25) is 0 Å². The van der Waals surface area contributed by atoms with Crippen molar-refractivity contribution in [1.82, 2.24) is 4.98 Å². The lowest BCUT2D eigenvalue weighted by Gasteiger charge is -2.22. The molecule has 1 saturated heterocycles. The Hall–Kier alpha value is -1.68. The quantitative estimate of drug-likeness (QED) is 0.856. The second-order valence-electron chi connectivity index (χ2n) is 5.50. The summed E-state index contributed by atoms with van der Waals surface area (Å²) in [7, 11) is 1.55. The second-order valence-corrected chi connectivity index (χ2v) is 5.50. The van der Waals surface area contributed by atoms with E-state index >= 15 is 0 Å². The average molecular weight is 289 g/mol. The summed E-state index contributed by atoms with van der Waals surface area (Å²) >= 11 is 0. The van der Waals surface area contributed by atoms with Gasteiger partial charge in [-0.25, -0.2) is 4.39 Å². The van der Waals surface area contributed by atoms with E-state index in [1.165, 1.54) is 12.5 Å². The predicted molar refractivity (Wildman–Crippen MR) is 80.2 cm³/mol. The van der Waals surface area contributed by atoms with E-state index in [4.69, 9.17) is 9.47 Å². The third-order valence-corrected chi connectivity index (χ3v) is 4.11. The highest BCUT2D eigenvalue weighted by molar-refractivity contribution is 5.84. The van der Waals surface area contributed by atoms with Crippen LogP contribution in [-0.4, -0.2) is 24.8 Å². The van der Waals surface area contributed by atoms with Crippen molar-refractivity contribution in [2.24, 2.45) is 0 Å². The number of halogens is 1. The minimum atomic E-state index is -0.333. The van der Waals surface area contributed by atoms with Crippen LogP contribution in [0.5, 0.6) is 5.75 Å². The molecule has 4 heteroatoms. The maximum atomic E-state index is 14.0. The van der Waals surface area contributed by atoms with Gasteiger partial charge >= 0.3 is 0 Å². The van der Waals surface area contributed by atoms with Crippen LogP contribution in [0, 0.1) is 5.82 Å². The fraction of sp³-hybridized carbons (Fsp3) is 0.471. The molecule has 0 radical (unpaired) electrons. The maximum absolute atomic E-state index is 14.0. The molecular formula is C17H20FNO2. The summed E-state index contributed by atoms with van der Waals surface area (Å²) in [6, 6.07) is 5.20. The fourth-order valence-corrected chi connectivity index (χ4v) is 2.93. The molecule has 2 heterocycles. The van der Waals surface area contributed by atoms with E-state index in [0.29, 0.717) is 17.4 Å². The number of nitrogens with zero attached hydrogens (tertiary/aromatic N) is 1. The Kier molecular flexibility index (Phi) is 4.34. The normalized spacial score (nSPS) is 18.9. The highest BCUT2D eigenvalue weighted by atomic mass is 19.1. The number of hydrogen-bond donors (Lipinski definition) is 0. The largest absolute Gasteiger partial charge is 0.497 e. The highest BCUT2D eigenvalue weighted by Gasteiger charge is 2.15. The standard InChI is InChI=1S/C17H20FNO2/c1-20-14-10-15-12(5-6-13-4-2-3-9-21-13)7-8-19-17(15)16(18)11-14/h7-8,10-11,13H,2-6,9H2,1H3. The number of pyridine rings is 1. The molecule has 21 heavy (non-hydrogen) atoms. The summed E-state index contributed by atoms with van der Waals surface area (Å²) in [4.78, 5) is 4.15. The maximum Gasteiger partial charge on any atom is 0.153 e. The molecule has 0 amide bonds. The van der Waals surface area contributed by atoms with Gasteiger partial charge in [0.15, 0.2) is 5.82 Å². The van der Waals surface area contributed by atoms with Crippen molar-refractivity contribution in [2.75, 3.05) is 13.7 Å². The van der Waals surface area contributed by atoms with Crippen LogP contribution >= 0.6 is 0 Å². The third kappa shape index (κ3) is 3.16. The van der Waals surface area contributed by atoms with Crippen LogP contribution < -0.4 is 4.74 Å². The summed E-state index contributed by atoms with van der Waals surface area (Å²) in [6.45, 7) is 0.865. The molecule has 0 aliphatic carbocycles. The van der Waals surface area contributed by atoms with Crippen molar-refractivity contribution < 1.29 is 13.9 Å². The van der Waals surface area contributed by atoms with E-state index in [9.17, 15) is 4.39 Å². The first kappa shape index (κ1) is 14.3. The summed E-state index contributed by atoms with van der Waals surface area (Å²) in [5.41, 5.74) is 1.52. The third-order valence-electron chi connectivity index (χ3n) is 4.11. The molecule has 1 aliphatic rings. The van der Waals surface area contributed by atoms with Crippen LogP contribution in [0.1, 0.15) is 31.2 Å². The second kappa shape index (κ2) is 6.39. The molecule has 1 aliphatic heterocycles. The zero-order chi connectivity index (χ0) is 14.7. The van der Waals surface area contributed by atoms with Crippen molar-refractivity contribution in [3.8, 4) is 5.75 Å². The van der Waals surface area contributed by atoms with Crippen LogP contribution in [0.4, 0.5) is 4.39 Å². The summed E-state index contributed by atoms with van der Waals surface area (Å²) in [5, 5.41) is 0.838. The molecule has 1 aromatic carbocycles. The Labute approximate surface area is 124 Å². The van der Waals surface area contributed by atoms with Crippen molar-refractivity contribution in [3.63, 3.8) is 0 Å². The Morgan fingerprint density at radius 2 is 2.29 bits per heavy atom. The van der Waals surface area contributed by atoms with Gasteiger partial charge in [-0.3, -0.25) is 4.98 Å². The van der Waals surface area contributed by atoms with Crippen LogP contribution in [-0.2, 0) is 11.2 Å². The molecule has 2 aromatic rings. The van der Waals surface area contributed by atoms with Gasteiger partial charge in [0.05, 0.1) is 13.2 Å². The van der Waals surface area contributed by atoms with Crippen molar-refractivity contribution in [3.05, 3.63) is 35.8 Å². The molecule has 112 valence electrons. The number of ether oxygens (including phenoxy) is 2. The fourth-order valence-electron chi connectivity index (χ4n) is 2.93. The first-order chi connectivity index (χ1) is 10.3. The Bertz CT molecular complexity index is 623. The molecule has 0 spiro atoms. The summed E-state index contributed by atoms with van der Waals surface area (Å²) in [5.74, 6) is 0.197. The highest BCUT2D eigenvalue weighted by Crippen LogP contribution is 2.27. The lowest BCUT2D eigenvalue weighted by atomic mass is 9.99. The van der Waals surface area contributed by atoms with E-state index in [2.05, 4.69) is 4.98 Å². The summed E-state index contributed by atoms with van der Waals surface area (Å²) < 4.78 is 25.0. The minimum absolute atomic E-state index is 0.331. The van der Waals surface area contributed by atoms with Gasteiger partial charge in [0, 0.05) is 24.3 Å². The number of rotatable bonds is 4. The molecule has 1 atom stereocenters. The Morgan fingerprint density at radius 3 is 3.05 bits per heavy atom. The molecule has 1 aromatic heterocycles. The van der Waals surface area contributed by atoms with Gasteiger partial charge in [0.1, 0.15) is 11.3 Å². The number of hydrogen-bond acceptors (Lipinski definition) is 3. The first-order valence-electron chi connectivity index (χ1n) is 7.50. The SMILES string of the molecule is COc1cc(F)c2nccc(CCC3CCCCO3)c2c1. The van der Waals surface area contributed by atoms with E-state index in [1.807, 2.05) is 12.1 Å². The van der Waals surface area contributed by atoms with E-state index in [1.54, 1.807) is 13.3 Å². The number of aromatic nitrogens is 1.